The van der Waals surface area contributed by atoms with Gasteiger partial charge in [0.2, 0.25) is 11.8 Å². The number of halogens is 3. The maximum atomic E-state index is 12.7. The molecule has 2 heterocycles. The maximum Gasteiger partial charge on any atom is 0.389 e. The Labute approximate surface area is 163 Å². The van der Waals surface area contributed by atoms with E-state index in [1.165, 1.54) is 11.8 Å². The zero-order valence-corrected chi connectivity index (χ0v) is 16.3. The van der Waals surface area contributed by atoms with Crippen molar-refractivity contribution in [1.82, 2.24) is 9.80 Å². The van der Waals surface area contributed by atoms with E-state index in [4.69, 9.17) is 4.74 Å². The second kappa shape index (κ2) is 7.82. The number of alkyl halides is 3. The van der Waals surface area contributed by atoms with E-state index < -0.39 is 35.4 Å². The molecule has 1 saturated carbocycles. The summed E-state index contributed by atoms with van der Waals surface area (Å²) in [6, 6.07) is 0. The van der Waals surface area contributed by atoms with E-state index in [1.54, 1.807) is 4.90 Å². The third-order valence-electron chi connectivity index (χ3n) is 6.64. The van der Waals surface area contributed by atoms with Crippen LogP contribution < -0.4 is 0 Å². The summed E-state index contributed by atoms with van der Waals surface area (Å²) in [6.07, 6.45) is -2.03. The lowest BCUT2D eigenvalue weighted by Crippen LogP contribution is -2.65. The summed E-state index contributed by atoms with van der Waals surface area (Å²) < 4.78 is 43.2. The van der Waals surface area contributed by atoms with Gasteiger partial charge in [-0.05, 0) is 19.3 Å². The summed E-state index contributed by atoms with van der Waals surface area (Å²) in [6.45, 7) is 2.81. The number of likely N-dealkylation sites (tertiary alicyclic amines) is 1. The third kappa shape index (κ3) is 4.30. The monoisotopic (exact) mass is 406 g/mol. The number of nitrogens with zero attached hydrogens (tertiary/aromatic N) is 2. The Balaban J connectivity index is 1.74. The molecule has 3 fully saturated rings. The molecular weight excluding hydrogens is 377 g/mol. The van der Waals surface area contributed by atoms with Crippen LogP contribution in [-0.2, 0) is 14.3 Å². The van der Waals surface area contributed by atoms with Crippen LogP contribution in [0, 0.1) is 11.3 Å². The number of β-amino-alcohol motifs (C(OH)–C–C–N with tert-alkyl or cyclic N) is 1. The van der Waals surface area contributed by atoms with Crippen LogP contribution in [0.3, 0.4) is 0 Å². The molecule has 0 bridgehead atoms. The first-order valence-corrected chi connectivity index (χ1v) is 9.99. The number of hydrogen-bond acceptors (Lipinski definition) is 4. The second-order valence-corrected chi connectivity index (χ2v) is 8.62. The van der Waals surface area contributed by atoms with Crippen LogP contribution in [0.4, 0.5) is 13.2 Å². The Hall–Kier alpha value is -1.35. The molecule has 3 rings (SSSR count). The molecule has 2 saturated heterocycles. The lowest BCUT2D eigenvalue weighted by atomic mass is 9.65. The Morgan fingerprint density at radius 1 is 1.25 bits per heavy atom. The van der Waals surface area contributed by atoms with Gasteiger partial charge in [-0.25, -0.2) is 0 Å². The van der Waals surface area contributed by atoms with Crippen molar-refractivity contribution < 1.29 is 32.6 Å². The van der Waals surface area contributed by atoms with Gasteiger partial charge < -0.3 is 19.6 Å². The first-order chi connectivity index (χ1) is 13.1. The highest BCUT2D eigenvalue weighted by Crippen LogP contribution is 2.51. The van der Waals surface area contributed by atoms with Gasteiger partial charge >= 0.3 is 6.18 Å². The maximum absolute atomic E-state index is 12.7. The smallest absolute Gasteiger partial charge is 0.387 e. The molecule has 9 heteroatoms. The van der Waals surface area contributed by atoms with Crippen molar-refractivity contribution >= 4 is 11.8 Å². The number of hydrogen-bond donors (Lipinski definition) is 1. The largest absolute Gasteiger partial charge is 0.389 e. The zero-order chi connectivity index (χ0) is 20.6. The van der Waals surface area contributed by atoms with Gasteiger partial charge in [-0.2, -0.15) is 13.2 Å². The summed E-state index contributed by atoms with van der Waals surface area (Å²) in [5, 5.41) is 11.6. The molecule has 1 aliphatic carbocycles. The first kappa shape index (κ1) is 21.4. The number of carbonyl (C=O) groups excluding carboxylic acids is 2. The molecule has 3 aliphatic rings. The van der Waals surface area contributed by atoms with Gasteiger partial charge in [0.05, 0.1) is 25.2 Å². The van der Waals surface area contributed by atoms with E-state index in [-0.39, 0.29) is 38.6 Å². The molecule has 2 atom stereocenters. The summed E-state index contributed by atoms with van der Waals surface area (Å²) in [5.41, 5.74) is -1.71. The Morgan fingerprint density at radius 3 is 2.54 bits per heavy atom. The van der Waals surface area contributed by atoms with Crippen molar-refractivity contribution in [3.8, 4) is 0 Å². The fourth-order valence-electron chi connectivity index (χ4n) is 5.07. The number of ether oxygens (including phenoxy) is 1. The average molecular weight is 406 g/mol. The predicted molar refractivity (Wildman–Crippen MR) is 94.3 cm³/mol. The zero-order valence-electron chi connectivity index (χ0n) is 16.3. The number of piperidine rings is 1. The van der Waals surface area contributed by atoms with Crippen LogP contribution in [0.1, 0.15) is 45.4 Å². The fraction of sp³-hybridized carbons (Fsp3) is 0.895. The minimum absolute atomic E-state index is 0.00263. The number of aliphatic hydroxyl groups is 1. The SMILES string of the molecule is C[C@H](CC(F)(F)F)C(=O)N1CCC(O)(CN2CCOCC2=O)C2(CCCC2)C1. The molecule has 1 unspecified atom stereocenters. The molecule has 2 amide bonds. The van der Waals surface area contributed by atoms with Gasteiger partial charge in [-0.1, -0.05) is 19.8 Å². The van der Waals surface area contributed by atoms with E-state index >= 15 is 0 Å². The summed E-state index contributed by atoms with van der Waals surface area (Å²) >= 11 is 0. The van der Waals surface area contributed by atoms with E-state index in [0.717, 1.165) is 12.8 Å². The molecular formula is C19H29F3N2O4. The predicted octanol–water partition coefficient (Wildman–Crippen LogP) is 1.96. The van der Waals surface area contributed by atoms with Crippen LogP contribution in [0.5, 0.6) is 0 Å². The summed E-state index contributed by atoms with van der Waals surface area (Å²) in [7, 11) is 0. The molecule has 2 aliphatic heterocycles. The van der Waals surface area contributed by atoms with Gasteiger partial charge in [0.25, 0.3) is 0 Å². The number of morpholine rings is 1. The van der Waals surface area contributed by atoms with Crippen molar-refractivity contribution in [3.63, 3.8) is 0 Å². The van der Waals surface area contributed by atoms with Crippen molar-refractivity contribution in [2.24, 2.45) is 11.3 Å². The molecule has 0 aromatic heterocycles. The second-order valence-electron chi connectivity index (χ2n) is 8.62. The van der Waals surface area contributed by atoms with Crippen LogP contribution in [0.2, 0.25) is 0 Å². The summed E-state index contributed by atoms with van der Waals surface area (Å²) in [4.78, 5) is 27.9. The van der Waals surface area contributed by atoms with Gasteiger partial charge in [0.1, 0.15) is 6.61 Å². The first-order valence-electron chi connectivity index (χ1n) is 9.99. The van der Waals surface area contributed by atoms with Crippen LogP contribution in [0.15, 0.2) is 0 Å². The van der Waals surface area contributed by atoms with E-state index in [9.17, 15) is 27.9 Å². The van der Waals surface area contributed by atoms with Gasteiger partial charge in [0.15, 0.2) is 0 Å². The van der Waals surface area contributed by atoms with Crippen molar-refractivity contribution in [1.29, 1.82) is 0 Å². The molecule has 6 nitrogen and oxygen atoms in total. The topological polar surface area (TPSA) is 70.1 Å². The standard InChI is InChI=1S/C19H29F3N2O4/c1-14(10-19(20,21)22)16(26)24-7-6-18(27,17(12-24)4-2-3-5-17)13-23-8-9-28-11-15(23)25/h14,27H,2-13H2,1H3/t14-,18?/m1/s1. The molecule has 0 radical (unpaired) electrons. The third-order valence-corrected chi connectivity index (χ3v) is 6.64. The van der Waals surface area contributed by atoms with Gasteiger partial charge in [-0.3, -0.25) is 9.59 Å². The van der Waals surface area contributed by atoms with Crippen molar-refractivity contribution in [2.75, 3.05) is 39.4 Å². The molecule has 28 heavy (non-hydrogen) atoms. The Kier molecular flexibility index (Phi) is 5.96. The average Bonchev–Trinajstić information content (AvgIpc) is 3.08. The van der Waals surface area contributed by atoms with E-state index in [1.807, 2.05) is 0 Å². The molecule has 0 aromatic rings. The highest BCUT2D eigenvalue weighted by molar-refractivity contribution is 5.79. The van der Waals surface area contributed by atoms with E-state index in [2.05, 4.69) is 0 Å². The van der Waals surface area contributed by atoms with Crippen molar-refractivity contribution in [2.45, 2.75) is 57.2 Å². The molecule has 1 spiro atoms. The van der Waals surface area contributed by atoms with Crippen LogP contribution >= 0.6 is 0 Å². The van der Waals surface area contributed by atoms with E-state index in [0.29, 0.717) is 26.0 Å². The molecule has 1 N–H and O–H groups in total. The van der Waals surface area contributed by atoms with Crippen molar-refractivity contribution in [3.05, 3.63) is 0 Å². The number of rotatable bonds is 4. The highest BCUT2D eigenvalue weighted by Gasteiger charge is 2.56. The Bertz CT molecular complexity index is 606. The van der Waals surface area contributed by atoms with Gasteiger partial charge in [0, 0.05) is 31.0 Å². The van der Waals surface area contributed by atoms with Crippen LogP contribution in [-0.4, -0.2) is 77.9 Å². The fourth-order valence-corrected chi connectivity index (χ4v) is 5.07. The minimum atomic E-state index is -4.38. The quantitative estimate of drug-likeness (QED) is 0.775. The normalized spacial score (nSPS) is 29.4. The molecule has 160 valence electrons. The minimum Gasteiger partial charge on any atom is -0.387 e. The number of amides is 2. The molecule has 0 aromatic carbocycles. The lowest BCUT2D eigenvalue weighted by Gasteiger charge is -2.54. The highest BCUT2D eigenvalue weighted by atomic mass is 19.4. The summed E-state index contributed by atoms with van der Waals surface area (Å²) in [5.74, 6) is -1.80. The lowest BCUT2D eigenvalue weighted by molar-refractivity contribution is -0.178. The van der Waals surface area contributed by atoms with Crippen LogP contribution in [0.25, 0.3) is 0 Å². The number of carbonyl (C=O) groups is 2. The van der Waals surface area contributed by atoms with Gasteiger partial charge in [-0.15, -0.1) is 0 Å². The Morgan fingerprint density at radius 2 is 1.93 bits per heavy atom.